The molecule has 4 rings (SSSR count). The number of aliphatic hydroxyl groups is 1. The maximum Gasteiger partial charge on any atom is 0.225 e. The van der Waals surface area contributed by atoms with Crippen LogP contribution in [-0.2, 0) is 16.1 Å². The molecule has 2 aliphatic rings. The fourth-order valence-electron chi connectivity index (χ4n) is 4.78. The van der Waals surface area contributed by atoms with E-state index in [1.165, 1.54) is 10.4 Å². The summed E-state index contributed by atoms with van der Waals surface area (Å²) in [5.41, 5.74) is 2.49. The normalized spacial score (nSPS) is 22.2. The van der Waals surface area contributed by atoms with Crippen molar-refractivity contribution in [3.05, 3.63) is 50.2 Å². The van der Waals surface area contributed by atoms with Crippen LogP contribution in [0.3, 0.4) is 0 Å². The van der Waals surface area contributed by atoms with Crippen molar-refractivity contribution in [2.45, 2.75) is 58.3 Å². The maximum absolute atomic E-state index is 13.3. The number of ether oxygens (including phenoxy) is 2. The van der Waals surface area contributed by atoms with Crippen molar-refractivity contribution in [3.8, 4) is 5.75 Å². The van der Waals surface area contributed by atoms with Gasteiger partial charge in [-0.2, -0.15) is 0 Å². The summed E-state index contributed by atoms with van der Waals surface area (Å²) in [5, 5.41) is 12.7. The highest BCUT2D eigenvalue weighted by Gasteiger charge is 2.41. The number of hydrogen-bond donors (Lipinski definition) is 1. The number of halogens is 1. The molecule has 8 heteroatoms. The first-order chi connectivity index (χ1) is 16.2. The van der Waals surface area contributed by atoms with Crippen LogP contribution in [0.4, 0.5) is 0 Å². The lowest BCUT2D eigenvalue weighted by molar-refractivity contribution is -0.158. The van der Waals surface area contributed by atoms with Gasteiger partial charge >= 0.3 is 0 Å². The summed E-state index contributed by atoms with van der Waals surface area (Å²) in [6.45, 7) is 10.4. The monoisotopic (exact) mass is 506 g/mol. The Labute approximate surface area is 211 Å². The van der Waals surface area contributed by atoms with E-state index in [1.807, 2.05) is 30.9 Å². The summed E-state index contributed by atoms with van der Waals surface area (Å²) in [7, 11) is 0. The van der Waals surface area contributed by atoms with Crippen LogP contribution in [0.2, 0.25) is 5.02 Å². The van der Waals surface area contributed by atoms with Crippen molar-refractivity contribution in [2.75, 3.05) is 39.4 Å². The van der Waals surface area contributed by atoms with Crippen molar-refractivity contribution in [1.29, 1.82) is 0 Å². The summed E-state index contributed by atoms with van der Waals surface area (Å²) in [6, 6.07) is 6.02. The summed E-state index contributed by atoms with van der Waals surface area (Å²) in [4.78, 5) is 18.9. The lowest BCUT2D eigenvalue weighted by atomic mass is 9.95. The molecule has 2 aromatic rings. The molecule has 6 nitrogen and oxygen atoms in total. The van der Waals surface area contributed by atoms with Crippen LogP contribution in [0.1, 0.15) is 40.8 Å². The average molecular weight is 507 g/mol. The van der Waals surface area contributed by atoms with E-state index in [0.29, 0.717) is 39.1 Å². The average Bonchev–Trinajstić information content (AvgIpc) is 3.21. The number of morpholine rings is 1. The highest BCUT2D eigenvalue weighted by molar-refractivity contribution is 7.10. The molecular weight excluding hydrogens is 472 g/mol. The third-order valence-corrected chi connectivity index (χ3v) is 8.47. The molecule has 1 atom stereocenters. The van der Waals surface area contributed by atoms with Gasteiger partial charge in [-0.1, -0.05) is 11.6 Å². The van der Waals surface area contributed by atoms with Crippen LogP contribution in [0.25, 0.3) is 0 Å². The van der Waals surface area contributed by atoms with Crippen molar-refractivity contribution < 1.29 is 19.4 Å². The quantitative estimate of drug-likeness (QED) is 0.605. The number of aryl methyl sites for hydroxylation is 3. The summed E-state index contributed by atoms with van der Waals surface area (Å²) in [5.74, 6) is 0.801. The first-order valence-corrected chi connectivity index (χ1v) is 13.3. The summed E-state index contributed by atoms with van der Waals surface area (Å²) < 4.78 is 12.6. The van der Waals surface area contributed by atoms with E-state index in [-0.39, 0.29) is 25.0 Å². The molecule has 34 heavy (non-hydrogen) atoms. The number of piperidine rings is 1. The van der Waals surface area contributed by atoms with Gasteiger partial charge in [0.05, 0.1) is 19.1 Å². The van der Waals surface area contributed by atoms with Crippen molar-refractivity contribution in [3.63, 3.8) is 0 Å². The van der Waals surface area contributed by atoms with Gasteiger partial charge in [-0.05, 0) is 73.9 Å². The van der Waals surface area contributed by atoms with E-state index in [9.17, 15) is 9.90 Å². The van der Waals surface area contributed by atoms with Gasteiger partial charge < -0.3 is 19.5 Å². The Hall–Kier alpha value is -1.64. The summed E-state index contributed by atoms with van der Waals surface area (Å²) in [6.07, 6.45) is 1.20. The van der Waals surface area contributed by atoms with E-state index in [4.69, 9.17) is 21.1 Å². The largest absolute Gasteiger partial charge is 0.490 e. The molecule has 2 saturated heterocycles. The second-order valence-corrected chi connectivity index (χ2v) is 11.1. The number of carbonyl (C=O) groups excluding carboxylic acids is 1. The molecule has 0 bridgehead atoms. The Morgan fingerprint density at radius 2 is 1.91 bits per heavy atom. The Kier molecular flexibility index (Phi) is 8.20. The van der Waals surface area contributed by atoms with E-state index in [1.54, 1.807) is 11.3 Å². The summed E-state index contributed by atoms with van der Waals surface area (Å²) >= 11 is 8.11. The van der Waals surface area contributed by atoms with Crippen LogP contribution in [0.5, 0.6) is 5.75 Å². The minimum atomic E-state index is -0.738. The minimum absolute atomic E-state index is 0.0631. The third kappa shape index (κ3) is 6.13. The van der Waals surface area contributed by atoms with E-state index in [2.05, 4.69) is 23.3 Å². The van der Waals surface area contributed by atoms with Crippen molar-refractivity contribution in [1.82, 2.24) is 9.80 Å². The van der Waals surface area contributed by atoms with Crippen LogP contribution in [0, 0.1) is 20.8 Å². The standard InChI is InChI=1S/C26H35ClN2O4S/c1-18-6-11-34-23(18)15-28-9-10-33-26(16-28,14-24(31)29-7-4-21(30)5-8-29)17-32-22-12-19(2)25(27)20(3)13-22/h6,11-13,21,30H,4-5,7-10,14-17H2,1-3H3. The Balaban J connectivity index is 1.51. The lowest BCUT2D eigenvalue weighted by Crippen LogP contribution is -2.57. The van der Waals surface area contributed by atoms with Crippen molar-refractivity contribution >= 4 is 28.8 Å². The van der Waals surface area contributed by atoms with Gasteiger partial charge in [-0.25, -0.2) is 0 Å². The van der Waals surface area contributed by atoms with Gasteiger partial charge in [0, 0.05) is 42.6 Å². The molecule has 186 valence electrons. The fourth-order valence-corrected chi connectivity index (χ4v) is 5.84. The number of benzene rings is 1. The maximum atomic E-state index is 13.3. The molecule has 1 aromatic heterocycles. The number of aliphatic hydroxyl groups excluding tert-OH is 1. The zero-order chi connectivity index (χ0) is 24.3. The second-order valence-electron chi connectivity index (χ2n) is 9.72. The zero-order valence-electron chi connectivity index (χ0n) is 20.3. The van der Waals surface area contributed by atoms with Crippen LogP contribution in [0.15, 0.2) is 23.6 Å². The SMILES string of the molecule is Cc1ccsc1CN1CCOC(COc2cc(C)c(Cl)c(C)c2)(CC(=O)N2CCC(O)CC2)C1. The van der Waals surface area contributed by atoms with Gasteiger partial charge in [0.2, 0.25) is 5.91 Å². The topological polar surface area (TPSA) is 62.2 Å². The Morgan fingerprint density at radius 1 is 1.21 bits per heavy atom. The third-order valence-electron chi connectivity index (χ3n) is 6.87. The molecule has 0 saturated carbocycles. The fraction of sp³-hybridized carbons (Fsp3) is 0.577. The van der Waals surface area contributed by atoms with Crippen LogP contribution in [-0.4, -0.2) is 71.9 Å². The molecule has 3 heterocycles. The van der Waals surface area contributed by atoms with Crippen LogP contribution < -0.4 is 4.74 Å². The Morgan fingerprint density at radius 3 is 2.56 bits per heavy atom. The minimum Gasteiger partial charge on any atom is -0.490 e. The molecule has 2 aliphatic heterocycles. The van der Waals surface area contributed by atoms with E-state index in [0.717, 1.165) is 35.0 Å². The molecule has 1 amide bonds. The Bertz CT molecular complexity index is 981. The van der Waals surface area contributed by atoms with Crippen LogP contribution >= 0.6 is 22.9 Å². The van der Waals surface area contributed by atoms with Gasteiger partial charge in [0.15, 0.2) is 0 Å². The second kappa shape index (κ2) is 11.0. The molecule has 2 fully saturated rings. The molecule has 1 aromatic carbocycles. The van der Waals surface area contributed by atoms with E-state index < -0.39 is 5.60 Å². The predicted octanol–water partition coefficient (Wildman–Crippen LogP) is 4.35. The number of amides is 1. The molecule has 0 radical (unpaired) electrons. The number of rotatable bonds is 7. The molecule has 0 aliphatic carbocycles. The first-order valence-electron chi connectivity index (χ1n) is 12.0. The van der Waals surface area contributed by atoms with Gasteiger partial charge in [0.1, 0.15) is 18.0 Å². The van der Waals surface area contributed by atoms with Crippen molar-refractivity contribution in [2.24, 2.45) is 0 Å². The number of nitrogens with zero attached hydrogens (tertiary/aromatic N) is 2. The molecule has 0 spiro atoms. The molecular formula is C26H35ClN2O4S. The number of carbonyl (C=O) groups is 1. The molecule has 1 N–H and O–H groups in total. The highest BCUT2D eigenvalue weighted by atomic mass is 35.5. The number of likely N-dealkylation sites (tertiary alicyclic amines) is 1. The predicted molar refractivity (Wildman–Crippen MR) is 136 cm³/mol. The number of thiophene rings is 1. The first kappa shape index (κ1) is 25.5. The van der Waals surface area contributed by atoms with Gasteiger partial charge in [-0.3, -0.25) is 9.69 Å². The zero-order valence-corrected chi connectivity index (χ0v) is 21.9. The van der Waals surface area contributed by atoms with E-state index >= 15 is 0 Å². The highest BCUT2D eigenvalue weighted by Crippen LogP contribution is 2.30. The smallest absolute Gasteiger partial charge is 0.225 e. The van der Waals surface area contributed by atoms with Gasteiger partial charge in [0.25, 0.3) is 0 Å². The lowest BCUT2D eigenvalue weighted by Gasteiger charge is -2.43. The number of hydrogen-bond acceptors (Lipinski definition) is 6. The molecule has 1 unspecified atom stereocenters. The van der Waals surface area contributed by atoms with Gasteiger partial charge in [-0.15, -0.1) is 11.3 Å².